The lowest BCUT2D eigenvalue weighted by Crippen LogP contribution is -2.07. The quantitative estimate of drug-likeness (QED) is 0.766. The van der Waals surface area contributed by atoms with Gasteiger partial charge in [-0.05, 0) is 6.07 Å². The standard InChI is InChI=1S/C11H9ClN2O3/c1-16-10-6(12)5-7-9(14-4-3-13-7)8(10)11(15)17-2/h3-5H,1-2H3. The van der Waals surface area contributed by atoms with Gasteiger partial charge in [-0.15, -0.1) is 0 Å². The highest BCUT2D eigenvalue weighted by Gasteiger charge is 2.21. The number of halogens is 1. The van der Waals surface area contributed by atoms with Crippen LogP contribution in [0, 0.1) is 0 Å². The van der Waals surface area contributed by atoms with Gasteiger partial charge in [0.05, 0.1) is 24.8 Å². The fourth-order valence-electron chi connectivity index (χ4n) is 1.55. The Balaban J connectivity index is 2.86. The van der Waals surface area contributed by atoms with Gasteiger partial charge in [-0.25, -0.2) is 4.79 Å². The fraction of sp³-hybridized carbons (Fsp3) is 0.182. The van der Waals surface area contributed by atoms with E-state index >= 15 is 0 Å². The van der Waals surface area contributed by atoms with Crippen molar-refractivity contribution < 1.29 is 14.3 Å². The molecule has 0 bridgehead atoms. The highest BCUT2D eigenvalue weighted by molar-refractivity contribution is 6.33. The Morgan fingerprint density at radius 2 is 2.00 bits per heavy atom. The summed E-state index contributed by atoms with van der Waals surface area (Å²) in [6.45, 7) is 0. The second-order valence-corrected chi connectivity index (χ2v) is 3.59. The average Bonchev–Trinajstić information content (AvgIpc) is 2.36. The normalized spacial score (nSPS) is 10.3. The van der Waals surface area contributed by atoms with Crippen LogP contribution < -0.4 is 4.74 Å². The minimum atomic E-state index is -0.560. The van der Waals surface area contributed by atoms with Crippen LogP contribution in [0.5, 0.6) is 5.75 Å². The maximum atomic E-state index is 11.7. The number of carbonyl (C=O) groups is 1. The van der Waals surface area contributed by atoms with Crippen LogP contribution in [0.1, 0.15) is 10.4 Å². The van der Waals surface area contributed by atoms with Crippen LogP contribution in [0.15, 0.2) is 18.5 Å². The van der Waals surface area contributed by atoms with Gasteiger partial charge in [-0.3, -0.25) is 9.97 Å². The van der Waals surface area contributed by atoms with Gasteiger partial charge in [-0.2, -0.15) is 0 Å². The van der Waals surface area contributed by atoms with E-state index in [4.69, 9.17) is 21.1 Å². The van der Waals surface area contributed by atoms with Crippen molar-refractivity contribution in [1.82, 2.24) is 9.97 Å². The zero-order valence-electron chi connectivity index (χ0n) is 9.23. The number of esters is 1. The number of methoxy groups -OCH3 is 2. The molecule has 5 nitrogen and oxygen atoms in total. The van der Waals surface area contributed by atoms with Crippen molar-refractivity contribution in [2.24, 2.45) is 0 Å². The number of carbonyl (C=O) groups excluding carboxylic acids is 1. The molecule has 1 aromatic heterocycles. The second-order valence-electron chi connectivity index (χ2n) is 3.18. The number of ether oxygens (including phenoxy) is 2. The SMILES string of the molecule is COC(=O)c1c(OC)c(Cl)cc2nccnc12. The fourth-order valence-corrected chi connectivity index (χ4v) is 1.83. The molecule has 0 saturated carbocycles. The molecule has 0 N–H and O–H groups in total. The second kappa shape index (κ2) is 4.55. The molecular formula is C11H9ClN2O3. The van der Waals surface area contributed by atoms with E-state index in [1.165, 1.54) is 26.6 Å². The van der Waals surface area contributed by atoms with E-state index < -0.39 is 5.97 Å². The number of rotatable bonds is 2. The molecule has 0 aliphatic heterocycles. The molecule has 0 amide bonds. The number of hydrogen-bond donors (Lipinski definition) is 0. The van der Waals surface area contributed by atoms with E-state index in [0.717, 1.165) is 0 Å². The predicted molar refractivity (Wildman–Crippen MR) is 62.4 cm³/mol. The van der Waals surface area contributed by atoms with E-state index in [0.29, 0.717) is 16.1 Å². The van der Waals surface area contributed by atoms with Crippen molar-refractivity contribution in [3.63, 3.8) is 0 Å². The highest BCUT2D eigenvalue weighted by Crippen LogP contribution is 2.34. The smallest absolute Gasteiger partial charge is 0.344 e. The van der Waals surface area contributed by atoms with Gasteiger partial charge in [0.15, 0.2) is 5.75 Å². The van der Waals surface area contributed by atoms with Crippen LogP contribution in [0.4, 0.5) is 0 Å². The summed E-state index contributed by atoms with van der Waals surface area (Å²) in [5, 5.41) is 0.293. The van der Waals surface area contributed by atoms with Crippen LogP contribution in [0.3, 0.4) is 0 Å². The molecule has 0 spiro atoms. The molecule has 6 heteroatoms. The molecule has 88 valence electrons. The van der Waals surface area contributed by atoms with Gasteiger partial charge in [0.2, 0.25) is 0 Å². The first-order valence-corrected chi connectivity index (χ1v) is 5.12. The molecule has 1 aromatic carbocycles. The zero-order chi connectivity index (χ0) is 12.4. The monoisotopic (exact) mass is 252 g/mol. The third-order valence-corrected chi connectivity index (χ3v) is 2.55. The van der Waals surface area contributed by atoms with Crippen LogP contribution in [0.2, 0.25) is 5.02 Å². The molecule has 0 radical (unpaired) electrons. The van der Waals surface area contributed by atoms with E-state index in [1.807, 2.05) is 0 Å². The first-order chi connectivity index (χ1) is 8.19. The Labute approximate surface area is 102 Å². The Bertz CT molecular complexity index is 586. The number of nitrogens with zero attached hydrogens (tertiary/aromatic N) is 2. The molecular weight excluding hydrogens is 244 g/mol. The van der Waals surface area contributed by atoms with Crippen LogP contribution in [0.25, 0.3) is 11.0 Å². The summed E-state index contributed by atoms with van der Waals surface area (Å²) in [7, 11) is 2.71. The van der Waals surface area contributed by atoms with Crippen LogP contribution in [-0.2, 0) is 4.74 Å². The number of aromatic nitrogens is 2. The van der Waals surface area contributed by atoms with Crippen molar-refractivity contribution in [3.8, 4) is 5.75 Å². The Kier molecular flexibility index (Phi) is 3.10. The van der Waals surface area contributed by atoms with Crippen molar-refractivity contribution >= 4 is 28.6 Å². The zero-order valence-corrected chi connectivity index (χ0v) is 9.99. The van der Waals surface area contributed by atoms with Gasteiger partial charge in [0.1, 0.15) is 11.1 Å². The van der Waals surface area contributed by atoms with Crippen molar-refractivity contribution in [3.05, 3.63) is 29.0 Å². The highest BCUT2D eigenvalue weighted by atomic mass is 35.5. The lowest BCUT2D eigenvalue weighted by Gasteiger charge is -2.10. The van der Waals surface area contributed by atoms with Crippen LogP contribution in [-0.4, -0.2) is 30.2 Å². The molecule has 0 atom stereocenters. The molecule has 2 aromatic rings. The summed E-state index contributed by atoms with van der Waals surface area (Å²) in [6, 6.07) is 1.59. The van der Waals surface area contributed by atoms with Gasteiger partial charge in [0.25, 0.3) is 0 Å². The van der Waals surface area contributed by atoms with Gasteiger partial charge >= 0.3 is 5.97 Å². The third-order valence-electron chi connectivity index (χ3n) is 2.26. The number of benzene rings is 1. The molecule has 2 rings (SSSR count). The summed E-state index contributed by atoms with van der Waals surface area (Å²) < 4.78 is 9.80. The summed E-state index contributed by atoms with van der Waals surface area (Å²) in [4.78, 5) is 19.9. The third kappa shape index (κ3) is 1.89. The van der Waals surface area contributed by atoms with Gasteiger partial charge in [-0.1, -0.05) is 11.6 Å². The summed E-state index contributed by atoms with van der Waals surface area (Å²) >= 11 is 6.01. The maximum absolute atomic E-state index is 11.7. The van der Waals surface area contributed by atoms with E-state index in [1.54, 1.807) is 6.07 Å². The van der Waals surface area contributed by atoms with E-state index in [9.17, 15) is 4.79 Å². The molecule has 0 aliphatic rings. The first-order valence-electron chi connectivity index (χ1n) is 4.74. The molecule has 1 heterocycles. The van der Waals surface area contributed by atoms with Crippen molar-refractivity contribution in [2.45, 2.75) is 0 Å². The van der Waals surface area contributed by atoms with Gasteiger partial charge < -0.3 is 9.47 Å². The summed E-state index contributed by atoms with van der Waals surface area (Å²) in [5.41, 5.74) is 1.10. The molecule has 0 saturated heterocycles. The number of hydrogen-bond acceptors (Lipinski definition) is 5. The Morgan fingerprint density at radius 3 is 2.65 bits per heavy atom. The summed E-state index contributed by atoms with van der Waals surface area (Å²) in [5.74, 6) is -0.318. The lowest BCUT2D eigenvalue weighted by atomic mass is 10.1. The average molecular weight is 253 g/mol. The van der Waals surface area contributed by atoms with Crippen molar-refractivity contribution in [1.29, 1.82) is 0 Å². The molecule has 0 unspecified atom stereocenters. The Hall–Kier alpha value is -1.88. The minimum absolute atomic E-state index is 0.186. The maximum Gasteiger partial charge on any atom is 0.344 e. The summed E-state index contributed by atoms with van der Waals surface area (Å²) in [6.07, 6.45) is 3.01. The predicted octanol–water partition coefficient (Wildman–Crippen LogP) is 2.08. The van der Waals surface area contributed by atoms with E-state index in [-0.39, 0.29) is 11.3 Å². The topological polar surface area (TPSA) is 61.3 Å². The van der Waals surface area contributed by atoms with Gasteiger partial charge in [0, 0.05) is 12.4 Å². The van der Waals surface area contributed by atoms with Crippen LogP contribution >= 0.6 is 11.6 Å². The van der Waals surface area contributed by atoms with Crippen molar-refractivity contribution in [2.75, 3.05) is 14.2 Å². The number of fused-ring (bicyclic) bond motifs is 1. The Morgan fingerprint density at radius 1 is 1.29 bits per heavy atom. The minimum Gasteiger partial charge on any atom is -0.494 e. The molecule has 17 heavy (non-hydrogen) atoms. The lowest BCUT2D eigenvalue weighted by molar-refractivity contribution is 0.0599. The first kappa shape index (κ1) is 11.6. The van der Waals surface area contributed by atoms with E-state index in [2.05, 4.69) is 9.97 Å². The largest absolute Gasteiger partial charge is 0.494 e. The molecule has 0 aliphatic carbocycles. The molecule has 0 fully saturated rings.